The van der Waals surface area contributed by atoms with Crippen LogP contribution in [-0.4, -0.2) is 41.0 Å². The summed E-state index contributed by atoms with van der Waals surface area (Å²) in [6, 6.07) is 7.03. The van der Waals surface area contributed by atoms with Crippen molar-refractivity contribution in [2.45, 2.75) is 38.2 Å². The lowest BCUT2D eigenvalue weighted by molar-refractivity contribution is -0.151. The molecule has 1 aliphatic heterocycles. The molecule has 0 saturated carbocycles. The molecule has 0 N–H and O–H groups in total. The topological polar surface area (TPSA) is 65.0 Å². The van der Waals surface area contributed by atoms with Gasteiger partial charge in [0.25, 0.3) is 0 Å². The predicted octanol–water partition coefficient (Wildman–Crippen LogP) is 5.27. The molecule has 0 spiro atoms. The number of ether oxygens (including phenoxy) is 1. The molecule has 0 aliphatic carbocycles. The van der Waals surface area contributed by atoms with Crippen LogP contribution in [0.2, 0.25) is 10.0 Å². The Kier molecular flexibility index (Phi) is 7.32. The first kappa shape index (κ1) is 24.7. The number of methoxy groups -OCH3 is 1. The number of carbonyl (C=O) groups is 1. The highest BCUT2D eigenvalue weighted by Crippen LogP contribution is 2.41. The van der Waals surface area contributed by atoms with Gasteiger partial charge in [-0.15, -0.1) is 0 Å². The third-order valence-electron chi connectivity index (χ3n) is 5.77. The summed E-state index contributed by atoms with van der Waals surface area (Å²) in [6.45, 7) is 6.14. The third-order valence-corrected chi connectivity index (χ3v) is 8.45. The molecule has 1 unspecified atom stereocenters. The zero-order valence-corrected chi connectivity index (χ0v) is 20.8. The van der Waals surface area contributed by atoms with Gasteiger partial charge in [-0.05, 0) is 56.5 Å². The lowest BCUT2D eigenvalue weighted by atomic mass is 9.81. The first-order valence-electron chi connectivity index (χ1n) is 9.88. The number of hydrogen-bond acceptors (Lipinski definition) is 5. The minimum Gasteiger partial charge on any atom is -0.468 e. The fourth-order valence-corrected chi connectivity index (χ4v) is 5.69. The van der Waals surface area contributed by atoms with Crippen molar-refractivity contribution in [3.05, 3.63) is 62.1 Å². The minimum atomic E-state index is -1.79. The molecule has 3 atom stereocenters. The molecule has 0 bridgehead atoms. The maximum atomic E-state index is 14.6. The van der Waals surface area contributed by atoms with Crippen LogP contribution in [0.3, 0.4) is 0 Å². The smallest absolute Gasteiger partial charge is 0.319 e. The Morgan fingerprint density at radius 2 is 1.69 bits per heavy atom. The van der Waals surface area contributed by atoms with Gasteiger partial charge in [0.1, 0.15) is 18.3 Å². The monoisotopic (exact) mass is 499 g/mol. The summed E-state index contributed by atoms with van der Waals surface area (Å²) in [5, 5.41) is 4.94. The van der Waals surface area contributed by atoms with Crippen LogP contribution in [0.15, 0.2) is 34.3 Å². The van der Waals surface area contributed by atoms with Crippen LogP contribution in [0, 0.1) is 33.6 Å². The van der Waals surface area contributed by atoms with Crippen molar-refractivity contribution >= 4 is 45.7 Å². The summed E-state index contributed by atoms with van der Waals surface area (Å²) >= 11 is 12.9. The number of hydrogen-bond donors (Lipinski definition) is 0. The molecule has 0 saturated heterocycles. The summed E-state index contributed by atoms with van der Waals surface area (Å²) in [4.78, 5) is 18.9. The van der Waals surface area contributed by atoms with Crippen molar-refractivity contribution in [2.75, 3.05) is 19.5 Å². The van der Waals surface area contributed by atoms with E-state index < -0.39 is 35.0 Å². The van der Waals surface area contributed by atoms with Crippen molar-refractivity contribution in [2.24, 2.45) is 11.1 Å². The van der Waals surface area contributed by atoms with E-state index in [0.29, 0.717) is 37.2 Å². The van der Waals surface area contributed by atoms with Gasteiger partial charge in [-0.3, -0.25) is 9.00 Å². The number of rotatable bonds is 6. The number of alkyl halides is 1. The summed E-state index contributed by atoms with van der Waals surface area (Å²) in [7, 11) is -0.451. The molecule has 1 aliphatic rings. The minimum absolute atomic E-state index is 0.161. The molecule has 0 amide bonds. The Balaban J connectivity index is 2.09. The number of oxime groups is 1. The van der Waals surface area contributed by atoms with Gasteiger partial charge in [-0.1, -0.05) is 46.1 Å². The van der Waals surface area contributed by atoms with E-state index in [-0.39, 0.29) is 11.5 Å². The number of aryl methyl sites for hydroxylation is 1. The first-order valence-corrected chi connectivity index (χ1v) is 12.0. The lowest BCUT2D eigenvalue weighted by Gasteiger charge is -2.29. The van der Waals surface area contributed by atoms with Crippen LogP contribution >= 0.6 is 23.2 Å². The Hall–Kier alpha value is -1.96. The van der Waals surface area contributed by atoms with Crippen LogP contribution in [-0.2, 0) is 25.2 Å². The molecule has 1 heterocycles. The molecule has 32 heavy (non-hydrogen) atoms. The highest BCUT2D eigenvalue weighted by molar-refractivity contribution is 7.85. The molecular formula is C23H24Cl2FNO4S. The molecule has 5 nitrogen and oxygen atoms in total. The molecule has 9 heteroatoms. The van der Waals surface area contributed by atoms with E-state index in [2.05, 4.69) is 5.16 Å². The molecule has 0 aromatic heterocycles. The van der Waals surface area contributed by atoms with Crippen molar-refractivity contribution in [1.29, 1.82) is 0 Å². The highest BCUT2D eigenvalue weighted by atomic mass is 35.5. The van der Waals surface area contributed by atoms with Crippen LogP contribution in [0.4, 0.5) is 4.39 Å². The average Bonchev–Trinajstić information content (AvgIpc) is 3.15. The number of halogens is 3. The maximum Gasteiger partial charge on any atom is 0.319 e. The maximum absolute atomic E-state index is 14.6. The number of carbonyl (C=O) groups excluding carboxylic acids is 1. The van der Waals surface area contributed by atoms with E-state index in [1.54, 1.807) is 32.9 Å². The van der Waals surface area contributed by atoms with Gasteiger partial charge in [0.15, 0.2) is 5.60 Å². The number of benzene rings is 2. The number of nitrogens with zero attached hydrogens (tertiary/aromatic N) is 1. The Labute approximate surface area is 199 Å². The largest absolute Gasteiger partial charge is 0.468 e. The van der Waals surface area contributed by atoms with Crippen LogP contribution in [0.25, 0.3) is 0 Å². The van der Waals surface area contributed by atoms with Gasteiger partial charge >= 0.3 is 5.97 Å². The van der Waals surface area contributed by atoms with E-state index >= 15 is 0 Å². The molecule has 2 aromatic rings. The normalized spacial score (nSPS) is 21.1. The molecule has 2 aromatic carbocycles. The first-order chi connectivity index (χ1) is 15.1. The Morgan fingerprint density at radius 1 is 1.12 bits per heavy atom. The molecule has 0 radical (unpaired) electrons. The van der Waals surface area contributed by atoms with Crippen molar-refractivity contribution in [1.82, 2.24) is 0 Å². The van der Waals surface area contributed by atoms with Crippen LogP contribution in [0.1, 0.15) is 27.8 Å². The van der Waals surface area contributed by atoms with E-state index in [0.717, 1.165) is 5.56 Å². The van der Waals surface area contributed by atoms with E-state index in [9.17, 15) is 13.4 Å². The predicted molar refractivity (Wildman–Crippen MR) is 125 cm³/mol. The number of esters is 1. The van der Waals surface area contributed by atoms with Gasteiger partial charge in [-0.25, -0.2) is 4.39 Å². The molecule has 0 fully saturated rings. The Morgan fingerprint density at radius 3 is 2.19 bits per heavy atom. The average molecular weight is 500 g/mol. The van der Waals surface area contributed by atoms with E-state index in [4.69, 9.17) is 32.8 Å². The summed E-state index contributed by atoms with van der Waals surface area (Å²) in [6.07, 6.45) is 0. The highest BCUT2D eigenvalue weighted by Gasteiger charge is 2.56. The van der Waals surface area contributed by atoms with E-state index in [1.807, 2.05) is 19.1 Å². The standard InChI is InChI=1S/C23H24Cl2FNO4S/c1-12-6-8-16(9-7-12)32(29)11-23(10-26)18(22(28)30-5)21(27-31-23)17-13(2)19(24)15(4)20(25)14(17)3/h6-9,18H,10-11H2,1-5H3/t18-,23-,32?/m0/s1. The van der Waals surface area contributed by atoms with Gasteiger partial charge in [0.05, 0.1) is 23.7 Å². The van der Waals surface area contributed by atoms with Crippen molar-refractivity contribution in [3.8, 4) is 0 Å². The fraction of sp³-hybridized carbons (Fsp3) is 0.391. The fourth-order valence-electron chi connectivity index (χ4n) is 3.92. The van der Waals surface area contributed by atoms with Crippen LogP contribution in [0.5, 0.6) is 0 Å². The second-order valence-electron chi connectivity index (χ2n) is 7.90. The van der Waals surface area contributed by atoms with Gasteiger partial charge in [-0.2, -0.15) is 0 Å². The van der Waals surface area contributed by atoms with Crippen LogP contribution < -0.4 is 0 Å². The summed E-state index contributed by atoms with van der Waals surface area (Å²) in [5.41, 5.74) is 1.83. The molecule has 172 valence electrons. The molecule has 3 rings (SSSR count). The quantitative estimate of drug-likeness (QED) is 0.508. The lowest BCUT2D eigenvalue weighted by Crippen LogP contribution is -2.50. The third kappa shape index (κ3) is 4.18. The molecular weight excluding hydrogens is 476 g/mol. The van der Waals surface area contributed by atoms with Gasteiger partial charge < -0.3 is 9.57 Å². The van der Waals surface area contributed by atoms with Gasteiger partial charge in [0.2, 0.25) is 0 Å². The zero-order valence-electron chi connectivity index (χ0n) is 18.4. The SMILES string of the molecule is COC(=O)[C@@H]1C(c2c(C)c(Cl)c(C)c(Cl)c2C)=NO[C@@]1(CF)CS(=O)c1ccc(C)cc1. The van der Waals surface area contributed by atoms with E-state index in [1.165, 1.54) is 7.11 Å². The van der Waals surface area contributed by atoms with Crippen molar-refractivity contribution < 1.29 is 23.0 Å². The Bertz CT molecular complexity index is 1090. The second-order valence-corrected chi connectivity index (χ2v) is 10.1. The van der Waals surface area contributed by atoms with Gasteiger partial charge in [0, 0.05) is 20.5 Å². The van der Waals surface area contributed by atoms with Crippen molar-refractivity contribution in [3.63, 3.8) is 0 Å². The second kappa shape index (κ2) is 9.49. The summed E-state index contributed by atoms with van der Waals surface area (Å²) < 4.78 is 32.6. The zero-order chi connectivity index (χ0) is 23.8. The summed E-state index contributed by atoms with van der Waals surface area (Å²) in [5.74, 6) is -2.28.